The van der Waals surface area contributed by atoms with Crippen LogP contribution in [0.2, 0.25) is 0 Å². The molecule has 0 aliphatic carbocycles. The average molecular weight is 436 g/mol. The lowest BCUT2D eigenvalue weighted by atomic mass is 9.97. The first-order chi connectivity index (χ1) is 15.7. The van der Waals surface area contributed by atoms with Gasteiger partial charge in [0, 0.05) is 30.9 Å². The van der Waals surface area contributed by atoms with Crippen LogP contribution in [-0.2, 0) is 16.1 Å². The molecule has 3 aromatic rings. The van der Waals surface area contributed by atoms with Gasteiger partial charge in [0.2, 0.25) is 5.91 Å². The maximum atomic E-state index is 12.5. The van der Waals surface area contributed by atoms with E-state index in [4.69, 9.17) is 4.74 Å². The van der Waals surface area contributed by atoms with Gasteiger partial charge in [-0.25, -0.2) is 9.67 Å². The number of nitrogens with zero attached hydrogens (tertiary/aromatic N) is 4. The van der Waals surface area contributed by atoms with Gasteiger partial charge in [0.15, 0.2) is 0 Å². The number of carbonyl (C=O) groups excluding carboxylic acids is 1. The first-order valence-electron chi connectivity index (χ1n) is 11.7. The monoisotopic (exact) mass is 435 g/mol. The van der Waals surface area contributed by atoms with Gasteiger partial charge in [-0.2, -0.15) is 5.10 Å². The minimum Gasteiger partial charge on any atom is -0.378 e. The number of hydrogen-bond donors (Lipinski definition) is 1. The van der Waals surface area contributed by atoms with Gasteiger partial charge in [-0.1, -0.05) is 32.8 Å². The highest BCUT2D eigenvalue weighted by Crippen LogP contribution is 2.21. The molecule has 0 saturated carbocycles. The normalized spacial score (nSPS) is 14.3. The molecule has 1 aromatic carbocycles. The Bertz CT molecular complexity index is 1020. The van der Waals surface area contributed by atoms with Gasteiger partial charge in [-0.3, -0.25) is 4.79 Å². The highest BCUT2D eigenvalue weighted by Gasteiger charge is 2.16. The van der Waals surface area contributed by atoms with Crippen LogP contribution in [0.25, 0.3) is 16.6 Å². The molecule has 1 aliphatic rings. The summed E-state index contributed by atoms with van der Waals surface area (Å²) in [7, 11) is 0. The first kappa shape index (κ1) is 22.3. The second-order valence-corrected chi connectivity index (χ2v) is 8.42. The molecular weight excluding hydrogens is 402 g/mol. The van der Waals surface area contributed by atoms with Crippen LogP contribution in [0.15, 0.2) is 42.7 Å². The van der Waals surface area contributed by atoms with E-state index in [1.54, 1.807) is 0 Å². The highest BCUT2D eigenvalue weighted by molar-refractivity contribution is 5.82. The van der Waals surface area contributed by atoms with Crippen LogP contribution in [0.3, 0.4) is 0 Å². The fraction of sp³-hybridized carbons (Fsp3) is 0.480. The molecule has 7 nitrogen and oxygen atoms in total. The third kappa shape index (κ3) is 5.10. The average Bonchev–Trinajstić information content (AvgIpc) is 3.26. The van der Waals surface area contributed by atoms with Crippen LogP contribution in [0.5, 0.6) is 0 Å². The van der Waals surface area contributed by atoms with Crippen molar-refractivity contribution in [1.82, 2.24) is 20.1 Å². The van der Waals surface area contributed by atoms with Crippen molar-refractivity contribution in [3.8, 4) is 5.69 Å². The summed E-state index contributed by atoms with van der Waals surface area (Å²) in [5.74, 6) is 1.25. The Labute approximate surface area is 189 Å². The third-order valence-electron chi connectivity index (χ3n) is 6.06. The van der Waals surface area contributed by atoms with Crippen LogP contribution < -0.4 is 10.2 Å². The summed E-state index contributed by atoms with van der Waals surface area (Å²) in [5, 5.41) is 8.75. The lowest BCUT2D eigenvalue weighted by Crippen LogP contribution is -2.36. The predicted molar refractivity (Wildman–Crippen MR) is 127 cm³/mol. The zero-order chi connectivity index (χ0) is 22.3. The smallest absolute Gasteiger partial charge is 0.223 e. The second kappa shape index (κ2) is 10.6. The Morgan fingerprint density at radius 3 is 2.56 bits per heavy atom. The van der Waals surface area contributed by atoms with E-state index in [0.717, 1.165) is 80.0 Å². The molecule has 7 heteroatoms. The van der Waals surface area contributed by atoms with Crippen molar-refractivity contribution >= 4 is 22.6 Å². The van der Waals surface area contributed by atoms with Crippen molar-refractivity contribution < 1.29 is 9.53 Å². The fourth-order valence-corrected chi connectivity index (χ4v) is 4.32. The zero-order valence-corrected chi connectivity index (χ0v) is 19.1. The Balaban J connectivity index is 1.44. The molecule has 2 aromatic heterocycles. The van der Waals surface area contributed by atoms with Crippen LogP contribution in [0.1, 0.15) is 45.1 Å². The summed E-state index contributed by atoms with van der Waals surface area (Å²) in [6, 6.07) is 10.3. The summed E-state index contributed by atoms with van der Waals surface area (Å²) < 4.78 is 7.33. The quantitative estimate of drug-likeness (QED) is 0.548. The van der Waals surface area contributed by atoms with E-state index in [0.29, 0.717) is 6.54 Å². The summed E-state index contributed by atoms with van der Waals surface area (Å²) in [5.41, 5.74) is 3.04. The van der Waals surface area contributed by atoms with E-state index in [1.807, 2.05) is 23.1 Å². The molecule has 32 heavy (non-hydrogen) atoms. The topological polar surface area (TPSA) is 72.3 Å². The van der Waals surface area contributed by atoms with Crippen LogP contribution in [-0.4, -0.2) is 47.0 Å². The van der Waals surface area contributed by atoms with Gasteiger partial charge in [0.05, 0.1) is 36.8 Å². The molecular formula is C25H33N5O2. The van der Waals surface area contributed by atoms with Gasteiger partial charge >= 0.3 is 0 Å². The lowest BCUT2D eigenvalue weighted by molar-refractivity contribution is -0.125. The Hall–Kier alpha value is -2.93. The number of ether oxygens (including phenoxy) is 1. The van der Waals surface area contributed by atoms with Gasteiger partial charge < -0.3 is 15.0 Å². The van der Waals surface area contributed by atoms with Crippen molar-refractivity contribution in [2.45, 2.75) is 46.1 Å². The number of nitrogens with one attached hydrogen (secondary N) is 1. The molecule has 0 bridgehead atoms. The molecule has 1 fully saturated rings. The number of anilines is 1. The largest absolute Gasteiger partial charge is 0.378 e. The molecule has 3 heterocycles. The maximum absolute atomic E-state index is 12.5. The number of amides is 1. The van der Waals surface area contributed by atoms with Crippen molar-refractivity contribution in [1.29, 1.82) is 0 Å². The van der Waals surface area contributed by atoms with Gasteiger partial charge in [0.1, 0.15) is 5.82 Å². The van der Waals surface area contributed by atoms with E-state index >= 15 is 0 Å². The Morgan fingerprint density at radius 2 is 1.88 bits per heavy atom. The minimum atomic E-state index is 0.115. The van der Waals surface area contributed by atoms with E-state index in [1.165, 1.54) is 0 Å². The molecule has 1 saturated heterocycles. The fourth-order valence-electron chi connectivity index (χ4n) is 4.32. The van der Waals surface area contributed by atoms with E-state index in [-0.39, 0.29) is 11.8 Å². The summed E-state index contributed by atoms with van der Waals surface area (Å²) in [4.78, 5) is 19.4. The van der Waals surface area contributed by atoms with E-state index in [2.05, 4.69) is 58.4 Å². The Morgan fingerprint density at radius 1 is 1.09 bits per heavy atom. The maximum Gasteiger partial charge on any atom is 0.223 e. The molecule has 0 unspecified atom stereocenters. The molecule has 170 valence electrons. The van der Waals surface area contributed by atoms with Gasteiger partial charge in [-0.15, -0.1) is 0 Å². The van der Waals surface area contributed by atoms with Crippen LogP contribution in [0.4, 0.5) is 5.82 Å². The number of rotatable bonds is 9. The summed E-state index contributed by atoms with van der Waals surface area (Å²) >= 11 is 0. The van der Waals surface area contributed by atoms with E-state index < -0.39 is 0 Å². The second-order valence-electron chi connectivity index (χ2n) is 8.42. The van der Waals surface area contributed by atoms with Crippen molar-refractivity contribution in [2.75, 3.05) is 31.2 Å². The van der Waals surface area contributed by atoms with Gasteiger partial charge in [0.25, 0.3) is 0 Å². The van der Waals surface area contributed by atoms with Crippen molar-refractivity contribution in [3.63, 3.8) is 0 Å². The first-order valence-corrected chi connectivity index (χ1v) is 11.7. The number of pyridine rings is 1. The standard InChI is InChI=1S/C25H33N5O2/c1-3-5-20(6-4-2)25(31)27-16-19-7-9-23-21(15-19)17-28-30(23)22-8-10-24(26-18-22)29-11-13-32-14-12-29/h7-10,15,17-18,20H,3-6,11-14,16H2,1-2H3,(H,27,31). The van der Waals surface area contributed by atoms with Crippen molar-refractivity contribution in [3.05, 3.63) is 48.3 Å². The predicted octanol–water partition coefficient (Wildman–Crippen LogP) is 4.09. The number of carbonyl (C=O) groups is 1. The van der Waals surface area contributed by atoms with Crippen molar-refractivity contribution in [2.24, 2.45) is 5.92 Å². The van der Waals surface area contributed by atoms with Crippen LogP contribution in [0, 0.1) is 5.92 Å². The number of benzene rings is 1. The number of morpholine rings is 1. The van der Waals surface area contributed by atoms with Gasteiger partial charge in [-0.05, 0) is 42.7 Å². The highest BCUT2D eigenvalue weighted by atomic mass is 16.5. The Kier molecular flexibility index (Phi) is 7.37. The zero-order valence-electron chi connectivity index (χ0n) is 19.1. The SMILES string of the molecule is CCCC(CCC)C(=O)NCc1ccc2c(cnn2-c2ccc(N3CCOCC3)nc2)c1. The number of fused-ring (bicyclic) bond motifs is 1. The molecule has 0 radical (unpaired) electrons. The number of hydrogen-bond acceptors (Lipinski definition) is 5. The molecule has 1 N–H and O–H groups in total. The molecule has 4 rings (SSSR count). The third-order valence-corrected chi connectivity index (χ3v) is 6.06. The molecule has 1 amide bonds. The molecule has 1 aliphatic heterocycles. The molecule has 0 atom stereocenters. The van der Waals surface area contributed by atoms with E-state index in [9.17, 15) is 4.79 Å². The minimum absolute atomic E-state index is 0.115. The summed E-state index contributed by atoms with van der Waals surface area (Å²) in [6.07, 6.45) is 7.70. The van der Waals surface area contributed by atoms with Crippen LogP contribution >= 0.6 is 0 Å². The summed E-state index contributed by atoms with van der Waals surface area (Å²) in [6.45, 7) is 8.03. The molecule has 0 spiro atoms. The lowest BCUT2D eigenvalue weighted by Gasteiger charge is -2.27. The number of aromatic nitrogens is 3.